The molecule has 1 unspecified atom stereocenters. The molecule has 0 aromatic heterocycles. The van der Waals surface area contributed by atoms with Crippen molar-refractivity contribution >= 4 is 40.0 Å². The van der Waals surface area contributed by atoms with Crippen molar-refractivity contribution in [3.05, 3.63) is 29.8 Å². The summed E-state index contributed by atoms with van der Waals surface area (Å²) in [4.78, 5) is 4.57. The Morgan fingerprint density at radius 1 is 1.15 bits per heavy atom. The minimum absolute atomic E-state index is 0. The highest BCUT2D eigenvalue weighted by molar-refractivity contribution is 14.0. The predicted molar refractivity (Wildman–Crippen MR) is 124 cm³/mol. The lowest BCUT2D eigenvalue weighted by Gasteiger charge is -2.20. The maximum Gasteiger partial charge on any atom is 0.242 e. The molecule has 0 heterocycles. The fourth-order valence-corrected chi connectivity index (χ4v) is 3.73. The highest BCUT2D eigenvalue weighted by Gasteiger charge is 2.20. The van der Waals surface area contributed by atoms with Crippen LogP contribution < -0.4 is 10.6 Å². The van der Waals surface area contributed by atoms with E-state index in [4.69, 9.17) is 0 Å². The van der Waals surface area contributed by atoms with Gasteiger partial charge in [-0.05, 0) is 30.9 Å². The zero-order valence-corrected chi connectivity index (χ0v) is 20.5. The average molecular weight is 510 g/mol. The van der Waals surface area contributed by atoms with Gasteiger partial charge in [0.1, 0.15) is 0 Å². The molecule has 8 heteroatoms. The highest BCUT2D eigenvalue weighted by atomic mass is 127. The molecule has 0 aliphatic rings. The topological polar surface area (TPSA) is 73.8 Å². The Hall–Kier alpha value is -0.870. The van der Waals surface area contributed by atoms with Crippen LogP contribution in [0.3, 0.4) is 0 Å². The largest absolute Gasteiger partial charge is 0.354 e. The summed E-state index contributed by atoms with van der Waals surface area (Å²) in [6.45, 7) is 6.99. The Bertz CT molecular complexity index is 691. The normalized spacial score (nSPS) is 13.4. The minimum Gasteiger partial charge on any atom is -0.354 e. The molecule has 1 atom stereocenters. The van der Waals surface area contributed by atoms with Gasteiger partial charge < -0.3 is 10.6 Å². The Morgan fingerprint density at radius 2 is 1.78 bits per heavy atom. The zero-order chi connectivity index (χ0) is 19.7. The van der Waals surface area contributed by atoms with Crippen LogP contribution in [-0.2, 0) is 16.6 Å². The monoisotopic (exact) mass is 510 g/mol. The number of rotatable bonds is 9. The standard InChI is InChI=1S/C19H34N4O2S.HI/c1-15(2)10-9-11-16(3)22-19(20-4)21-14-17-12-7-8-13-18(17)26(24,25)23(5)6;/h7-8,12-13,15-16H,9-11,14H2,1-6H3,(H2,20,21,22);1H. The molecule has 0 aliphatic carbocycles. The molecule has 27 heavy (non-hydrogen) atoms. The number of benzene rings is 1. The first-order valence-electron chi connectivity index (χ1n) is 9.16. The van der Waals surface area contributed by atoms with Crippen molar-refractivity contribution in [3.8, 4) is 0 Å². The van der Waals surface area contributed by atoms with E-state index >= 15 is 0 Å². The number of hydrogen-bond acceptors (Lipinski definition) is 3. The van der Waals surface area contributed by atoms with Gasteiger partial charge in [-0.2, -0.15) is 0 Å². The van der Waals surface area contributed by atoms with E-state index in [1.807, 2.05) is 12.1 Å². The van der Waals surface area contributed by atoms with Gasteiger partial charge in [0, 0.05) is 33.7 Å². The maximum absolute atomic E-state index is 12.5. The van der Waals surface area contributed by atoms with E-state index in [-0.39, 0.29) is 24.0 Å². The molecule has 0 saturated carbocycles. The van der Waals surface area contributed by atoms with E-state index < -0.39 is 10.0 Å². The maximum atomic E-state index is 12.5. The Labute approximate surface area is 182 Å². The van der Waals surface area contributed by atoms with Crippen molar-refractivity contribution in [2.45, 2.75) is 57.5 Å². The van der Waals surface area contributed by atoms with Crippen LogP contribution in [0.1, 0.15) is 45.6 Å². The number of halogens is 1. The van der Waals surface area contributed by atoms with Crippen LogP contribution in [0.5, 0.6) is 0 Å². The molecule has 0 saturated heterocycles. The molecule has 156 valence electrons. The van der Waals surface area contributed by atoms with Crippen molar-refractivity contribution in [3.63, 3.8) is 0 Å². The lowest BCUT2D eigenvalue weighted by molar-refractivity contribution is 0.491. The fraction of sp³-hybridized carbons (Fsp3) is 0.632. The molecule has 1 rings (SSSR count). The molecule has 2 N–H and O–H groups in total. The molecular weight excluding hydrogens is 475 g/mol. The van der Waals surface area contributed by atoms with Crippen molar-refractivity contribution < 1.29 is 8.42 Å². The van der Waals surface area contributed by atoms with E-state index in [1.165, 1.54) is 17.1 Å². The van der Waals surface area contributed by atoms with E-state index in [0.717, 1.165) is 17.9 Å². The number of guanidine groups is 1. The van der Waals surface area contributed by atoms with E-state index in [2.05, 4.69) is 36.4 Å². The number of nitrogens with zero attached hydrogens (tertiary/aromatic N) is 2. The summed E-state index contributed by atoms with van der Waals surface area (Å²) in [7, 11) is 1.33. The van der Waals surface area contributed by atoms with Crippen LogP contribution in [0.4, 0.5) is 0 Å². The molecule has 0 bridgehead atoms. The van der Waals surface area contributed by atoms with Crippen molar-refractivity contribution in [2.75, 3.05) is 21.1 Å². The second kappa shape index (κ2) is 12.6. The highest BCUT2D eigenvalue weighted by Crippen LogP contribution is 2.18. The van der Waals surface area contributed by atoms with Crippen LogP contribution in [-0.4, -0.2) is 45.9 Å². The van der Waals surface area contributed by atoms with Gasteiger partial charge in [0.15, 0.2) is 5.96 Å². The second-order valence-electron chi connectivity index (χ2n) is 7.19. The smallest absolute Gasteiger partial charge is 0.242 e. The molecule has 1 aromatic rings. The summed E-state index contributed by atoms with van der Waals surface area (Å²) >= 11 is 0. The molecule has 1 aromatic carbocycles. The number of hydrogen-bond donors (Lipinski definition) is 2. The molecule has 0 spiro atoms. The van der Waals surface area contributed by atoms with Crippen molar-refractivity contribution in [1.29, 1.82) is 0 Å². The lowest BCUT2D eigenvalue weighted by Crippen LogP contribution is -2.42. The predicted octanol–water partition coefficient (Wildman–Crippen LogP) is 3.43. The summed E-state index contributed by atoms with van der Waals surface area (Å²) in [5, 5.41) is 6.59. The van der Waals surface area contributed by atoms with Crippen LogP contribution in [0.15, 0.2) is 34.2 Å². The second-order valence-corrected chi connectivity index (χ2v) is 9.31. The van der Waals surface area contributed by atoms with Gasteiger partial charge in [-0.3, -0.25) is 4.99 Å². The van der Waals surface area contributed by atoms with Gasteiger partial charge in [0.2, 0.25) is 10.0 Å². The molecule has 6 nitrogen and oxygen atoms in total. The van der Waals surface area contributed by atoms with Crippen molar-refractivity contribution in [2.24, 2.45) is 10.9 Å². The van der Waals surface area contributed by atoms with Gasteiger partial charge in [0.25, 0.3) is 0 Å². The van der Waals surface area contributed by atoms with Crippen LogP contribution in [0, 0.1) is 5.92 Å². The zero-order valence-electron chi connectivity index (χ0n) is 17.3. The van der Waals surface area contributed by atoms with E-state index in [0.29, 0.717) is 23.4 Å². The van der Waals surface area contributed by atoms with Gasteiger partial charge in [-0.15, -0.1) is 24.0 Å². The summed E-state index contributed by atoms with van der Waals surface area (Å²) < 4.78 is 26.2. The Kier molecular flexibility index (Phi) is 12.2. The fourth-order valence-electron chi connectivity index (χ4n) is 2.61. The summed E-state index contributed by atoms with van der Waals surface area (Å²) in [6.07, 6.45) is 3.46. The van der Waals surface area contributed by atoms with Gasteiger partial charge in [-0.1, -0.05) is 44.9 Å². The third-order valence-corrected chi connectivity index (χ3v) is 6.12. The molecule has 0 aliphatic heterocycles. The third-order valence-electron chi connectivity index (χ3n) is 4.20. The number of sulfonamides is 1. The summed E-state index contributed by atoms with van der Waals surface area (Å²) in [5.74, 6) is 1.40. The quantitative estimate of drug-likeness (QED) is 0.303. The first-order chi connectivity index (χ1) is 12.2. The summed E-state index contributed by atoms with van der Waals surface area (Å²) in [5.41, 5.74) is 0.719. The van der Waals surface area contributed by atoms with Crippen molar-refractivity contribution in [1.82, 2.24) is 14.9 Å². The minimum atomic E-state index is -3.47. The SMILES string of the molecule is CN=C(NCc1ccccc1S(=O)(=O)N(C)C)NC(C)CCCC(C)C.I. The average Bonchev–Trinajstić information content (AvgIpc) is 2.58. The van der Waals surface area contributed by atoms with E-state index in [1.54, 1.807) is 33.3 Å². The lowest BCUT2D eigenvalue weighted by atomic mass is 10.0. The molecule has 0 radical (unpaired) electrons. The van der Waals surface area contributed by atoms with Gasteiger partial charge >= 0.3 is 0 Å². The number of aliphatic imine (C=N–C) groups is 1. The first kappa shape index (κ1) is 26.1. The molecule has 0 fully saturated rings. The van der Waals surface area contributed by atoms with Crippen LogP contribution >= 0.6 is 24.0 Å². The van der Waals surface area contributed by atoms with Crippen LogP contribution in [0.2, 0.25) is 0 Å². The third kappa shape index (κ3) is 8.78. The Balaban J connectivity index is 0.00000676. The number of nitrogens with one attached hydrogen (secondary N) is 2. The first-order valence-corrected chi connectivity index (χ1v) is 10.6. The van der Waals surface area contributed by atoms with Crippen LogP contribution in [0.25, 0.3) is 0 Å². The van der Waals surface area contributed by atoms with E-state index in [9.17, 15) is 8.42 Å². The summed E-state index contributed by atoms with van der Waals surface area (Å²) in [6, 6.07) is 7.35. The molecular formula is C19H35IN4O2S. The Morgan fingerprint density at radius 3 is 2.33 bits per heavy atom. The molecule has 0 amide bonds. The van der Waals surface area contributed by atoms with Gasteiger partial charge in [-0.25, -0.2) is 12.7 Å². The van der Waals surface area contributed by atoms with Gasteiger partial charge in [0.05, 0.1) is 4.90 Å².